The van der Waals surface area contributed by atoms with Crippen LogP contribution in [0.5, 0.6) is 0 Å². The molecular weight excluding hydrogens is 655 g/mol. The van der Waals surface area contributed by atoms with E-state index in [4.69, 9.17) is 0 Å². The molecule has 0 saturated carbocycles. The first-order valence-corrected chi connectivity index (χ1v) is 19.9. The van der Waals surface area contributed by atoms with Crippen LogP contribution in [-0.2, 0) is 27.1 Å². The third kappa shape index (κ3) is 6.52. The van der Waals surface area contributed by atoms with E-state index in [0.29, 0.717) is 0 Å². The monoisotopic (exact) mass is 718 g/mol. The van der Waals surface area contributed by atoms with Crippen molar-refractivity contribution in [3.05, 3.63) is 124 Å². The number of nitrogens with zero attached hydrogens (tertiary/aromatic N) is 3. The topological polar surface area (TPSA) is 9.72 Å². The Morgan fingerprint density at radius 1 is 0.296 bits per heavy atom. The summed E-state index contributed by atoms with van der Waals surface area (Å²) in [5.41, 5.74) is 18.8. The lowest BCUT2D eigenvalue weighted by Gasteiger charge is -2.48. The van der Waals surface area contributed by atoms with Crippen molar-refractivity contribution in [2.24, 2.45) is 0 Å². The van der Waals surface area contributed by atoms with Crippen molar-refractivity contribution in [1.82, 2.24) is 0 Å². The predicted molar refractivity (Wildman–Crippen MR) is 236 cm³/mol. The fraction of sp³-hybridized carbons (Fsp3) is 0.412. The Kier molecular flexibility index (Phi) is 8.58. The smallest absolute Gasteiger partial charge is 0.0948 e. The average molecular weight is 718 g/mol. The van der Waals surface area contributed by atoms with E-state index in [0.717, 1.165) is 0 Å². The van der Waals surface area contributed by atoms with Gasteiger partial charge in [-0.3, -0.25) is 0 Å². The van der Waals surface area contributed by atoms with Crippen LogP contribution in [0.15, 0.2) is 91.0 Å². The molecule has 0 atom stereocenters. The number of hydrogen-bond donors (Lipinski definition) is 0. The van der Waals surface area contributed by atoms with E-state index >= 15 is 0 Å². The summed E-state index contributed by atoms with van der Waals surface area (Å²) < 4.78 is 0. The summed E-state index contributed by atoms with van der Waals surface area (Å²) in [7, 11) is 0. The van der Waals surface area contributed by atoms with Crippen LogP contribution in [0.1, 0.15) is 137 Å². The Morgan fingerprint density at radius 2 is 0.667 bits per heavy atom. The molecule has 0 N–H and O–H groups in total. The minimum atomic E-state index is -0.0161. The second kappa shape index (κ2) is 12.3. The molecule has 0 saturated heterocycles. The number of hydrogen-bond acceptors (Lipinski definition) is 3. The largest absolute Gasteiger partial charge is 0.306 e. The van der Waals surface area contributed by atoms with Crippen LogP contribution in [0.4, 0.5) is 51.2 Å². The van der Waals surface area contributed by atoms with Crippen LogP contribution < -0.4 is 14.7 Å². The Labute approximate surface area is 327 Å². The van der Waals surface area contributed by atoms with Crippen molar-refractivity contribution >= 4 is 51.2 Å². The summed E-state index contributed by atoms with van der Waals surface area (Å²) in [5, 5.41) is 0. The molecule has 3 nitrogen and oxygen atoms in total. The van der Waals surface area contributed by atoms with Gasteiger partial charge in [-0.2, -0.15) is 0 Å². The van der Waals surface area contributed by atoms with Crippen LogP contribution in [0, 0.1) is 6.92 Å². The Balaban J connectivity index is 1.61. The third-order valence-corrected chi connectivity index (χ3v) is 11.5. The molecule has 0 unspecified atom stereocenters. The van der Waals surface area contributed by atoms with E-state index < -0.39 is 0 Å². The molecule has 2 heterocycles. The highest BCUT2D eigenvalue weighted by molar-refractivity contribution is 6.12. The fourth-order valence-corrected chi connectivity index (χ4v) is 7.93. The number of fused-ring (bicyclic) bond motifs is 4. The minimum absolute atomic E-state index is 0.0118. The first-order chi connectivity index (χ1) is 24.8. The van der Waals surface area contributed by atoms with E-state index in [1.54, 1.807) is 0 Å². The molecule has 0 amide bonds. The van der Waals surface area contributed by atoms with Gasteiger partial charge >= 0.3 is 0 Å². The van der Waals surface area contributed by atoms with Crippen LogP contribution in [0.2, 0.25) is 0 Å². The molecule has 5 aromatic carbocycles. The van der Waals surface area contributed by atoms with E-state index in [2.05, 4.69) is 216 Å². The van der Waals surface area contributed by atoms with Gasteiger partial charge in [0.25, 0.3) is 0 Å². The van der Waals surface area contributed by atoms with E-state index in [9.17, 15) is 0 Å². The van der Waals surface area contributed by atoms with Gasteiger partial charge in [-0.25, -0.2) is 0 Å². The van der Waals surface area contributed by atoms with Gasteiger partial charge in [-0.15, -0.1) is 0 Å². The summed E-state index contributed by atoms with van der Waals surface area (Å²) in [6.07, 6.45) is 0. The highest BCUT2D eigenvalue weighted by atomic mass is 15.3. The predicted octanol–water partition coefficient (Wildman–Crippen LogP) is 15.5. The summed E-state index contributed by atoms with van der Waals surface area (Å²) in [4.78, 5) is 7.66. The number of rotatable bonds is 2. The molecule has 5 aromatic rings. The van der Waals surface area contributed by atoms with Crippen molar-refractivity contribution in [3.8, 4) is 0 Å². The summed E-state index contributed by atoms with van der Waals surface area (Å²) in [6.45, 7) is 37.1. The van der Waals surface area contributed by atoms with Gasteiger partial charge in [0.15, 0.2) is 0 Å². The lowest BCUT2D eigenvalue weighted by atomic mass is 9.80. The maximum absolute atomic E-state index is 2.58. The minimum Gasteiger partial charge on any atom is -0.306 e. The molecule has 282 valence electrons. The van der Waals surface area contributed by atoms with Gasteiger partial charge < -0.3 is 14.7 Å². The van der Waals surface area contributed by atoms with Crippen molar-refractivity contribution < 1.29 is 0 Å². The third-order valence-electron chi connectivity index (χ3n) is 11.5. The zero-order chi connectivity index (χ0) is 39.5. The second-order valence-electron chi connectivity index (χ2n) is 21.1. The molecular formula is C51H63N3. The van der Waals surface area contributed by atoms with Crippen LogP contribution in [0.25, 0.3) is 0 Å². The molecule has 0 bridgehead atoms. The SMILES string of the molecule is Cc1cc2c3c(c1)N(c1ccc(C(C)(C)C)cc1)c1ccc(C(C)(C)C)cc1N3c1ccc(C(C)(C)C)cc1N2c1cc(C(C)(C)C)cc(C(C)(C)C)c1. The molecule has 0 aromatic heterocycles. The van der Waals surface area contributed by atoms with Crippen molar-refractivity contribution in [2.75, 3.05) is 14.7 Å². The highest BCUT2D eigenvalue weighted by Gasteiger charge is 2.41. The van der Waals surface area contributed by atoms with Gasteiger partial charge in [0, 0.05) is 11.4 Å². The summed E-state index contributed by atoms with van der Waals surface area (Å²) in [6, 6.07) is 35.8. The Bertz CT molecular complexity index is 2220. The van der Waals surface area contributed by atoms with Gasteiger partial charge in [0.05, 0.1) is 39.8 Å². The molecule has 0 spiro atoms. The van der Waals surface area contributed by atoms with E-state index in [1.807, 2.05) is 0 Å². The van der Waals surface area contributed by atoms with Gasteiger partial charge in [0.2, 0.25) is 0 Å². The number of aryl methyl sites for hydroxylation is 1. The Morgan fingerprint density at radius 3 is 1.09 bits per heavy atom. The molecule has 2 aliphatic rings. The molecule has 7 rings (SSSR count). The van der Waals surface area contributed by atoms with Crippen LogP contribution in [-0.4, -0.2) is 0 Å². The van der Waals surface area contributed by atoms with Gasteiger partial charge in [-0.05, 0) is 128 Å². The normalized spacial score (nSPS) is 14.6. The first kappa shape index (κ1) is 37.8. The van der Waals surface area contributed by atoms with Crippen molar-refractivity contribution in [1.29, 1.82) is 0 Å². The van der Waals surface area contributed by atoms with E-state index in [1.165, 1.54) is 84.6 Å². The number of anilines is 9. The average Bonchev–Trinajstić information content (AvgIpc) is 3.05. The van der Waals surface area contributed by atoms with Gasteiger partial charge in [-0.1, -0.05) is 134 Å². The highest BCUT2D eigenvalue weighted by Crippen LogP contribution is 2.64. The summed E-state index contributed by atoms with van der Waals surface area (Å²) >= 11 is 0. The zero-order valence-electron chi connectivity index (χ0n) is 36.0. The maximum atomic E-state index is 2.58. The molecule has 0 radical (unpaired) electrons. The second-order valence-corrected chi connectivity index (χ2v) is 21.1. The number of benzene rings is 5. The van der Waals surface area contributed by atoms with Crippen LogP contribution in [0.3, 0.4) is 0 Å². The Hall–Kier alpha value is -4.50. The van der Waals surface area contributed by atoms with Gasteiger partial charge in [0.1, 0.15) is 0 Å². The molecule has 0 aliphatic carbocycles. The molecule has 54 heavy (non-hydrogen) atoms. The van der Waals surface area contributed by atoms with E-state index in [-0.39, 0.29) is 27.1 Å². The fourth-order valence-electron chi connectivity index (χ4n) is 7.93. The van der Waals surface area contributed by atoms with Crippen molar-refractivity contribution in [3.63, 3.8) is 0 Å². The lowest BCUT2D eigenvalue weighted by Crippen LogP contribution is -2.31. The van der Waals surface area contributed by atoms with Crippen molar-refractivity contribution in [2.45, 2.75) is 138 Å². The zero-order valence-corrected chi connectivity index (χ0v) is 36.0. The maximum Gasteiger partial charge on any atom is 0.0948 e. The first-order valence-electron chi connectivity index (χ1n) is 19.9. The lowest BCUT2D eigenvalue weighted by molar-refractivity contribution is 0.568. The molecule has 0 fully saturated rings. The van der Waals surface area contributed by atoms with Crippen LogP contribution >= 0.6 is 0 Å². The molecule has 3 heteroatoms. The summed E-state index contributed by atoms with van der Waals surface area (Å²) in [5.74, 6) is 0. The quantitative estimate of drug-likeness (QED) is 0.176. The standard InChI is InChI=1S/C51H63N3/c1-32-25-44-46-45(26-32)53(39-28-36(50(11,12)13)27-37(29-39)51(14,15)16)42-30-34(48(5,6)7)20-24-41(42)54(46)43-31-35(49(8,9)10)19-23-40(43)52(44)38-21-17-33(18-22-38)47(2,3)4/h17-31H,1-16H3. The molecule has 2 aliphatic heterocycles.